The smallest absolute Gasteiger partial charge is 0.261 e. The highest BCUT2D eigenvalue weighted by Gasteiger charge is 2.16. The van der Waals surface area contributed by atoms with Gasteiger partial charge in [-0.05, 0) is 38.0 Å². The van der Waals surface area contributed by atoms with E-state index < -0.39 is 0 Å². The number of aromatic nitrogens is 2. The lowest BCUT2D eigenvalue weighted by molar-refractivity contribution is -0.115. The van der Waals surface area contributed by atoms with E-state index in [-0.39, 0.29) is 18.4 Å². The lowest BCUT2D eigenvalue weighted by atomic mass is 10.1. The summed E-state index contributed by atoms with van der Waals surface area (Å²) in [7, 11) is 0. The number of thiophene rings is 1. The van der Waals surface area contributed by atoms with Gasteiger partial charge >= 0.3 is 0 Å². The van der Waals surface area contributed by atoms with Crippen LogP contribution in [0.25, 0.3) is 15.3 Å². The fraction of sp³-hybridized carbons (Fsp3) is 0.211. The topological polar surface area (TPSA) is 75.5 Å². The van der Waals surface area contributed by atoms with E-state index in [0.717, 1.165) is 37.7 Å². The van der Waals surface area contributed by atoms with Crippen molar-refractivity contribution in [3.05, 3.63) is 51.3 Å². The molecule has 0 saturated heterocycles. The average molecular weight is 399 g/mol. The summed E-state index contributed by atoms with van der Waals surface area (Å²) in [5.41, 5.74) is 4.88. The maximum Gasteiger partial charge on any atom is 0.261 e. The number of anilines is 1. The van der Waals surface area contributed by atoms with Gasteiger partial charge in [-0.3, -0.25) is 14.0 Å². The number of nitrogens with one attached hydrogen (secondary N) is 2. The third-order valence-electron chi connectivity index (χ3n) is 4.31. The van der Waals surface area contributed by atoms with Crippen molar-refractivity contribution in [3.63, 3.8) is 0 Å². The Hall–Kier alpha value is -2.71. The van der Waals surface area contributed by atoms with Crippen LogP contribution in [0.5, 0.6) is 0 Å². The van der Waals surface area contributed by atoms with Crippen LogP contribution in [0.4, 0.5) is 5.69 Å². The first-order valence-electron chi connectivity index (χ1n) is 8.43. The molecule has 0 saturated carbocycles. The van der Waals surface area contributed by atoms with E-state index in [0.29, 0.717) is 4.88 Å². The molecule has 138 valence electrons. The Bertz CT molecular complexity index is 1160. The van der Waals surface area contributed by atoms with Crippen LogP contribution in [0.3, 0.4) is 0 Å². The van der Waals surface area contributed by atoms with Gasteiger partial charge in [0.25, 0.3) is 5.91 Å². The van der Waals surface area contributed by atoms with Gasteiger partial charge in [-0.1, -0.05) is 17.7 Å². The summed E-state index contributed by atoms with van der Waals surface area (Å²) in [5.74, 6) is -0.517. The Morgan fingerprint density at radius 1 is 1.15 bits per heavy atom. The third-order valence-corrected chi connectivity index (χ3v) is 6.09. The molecule has 0 atom stereocenters. The van der Waals surface area contributed by atoms with Crippen molar-refractivity contribution in [2.45, 2.75) is 20.8 Å². The van der Waals surface area contributed by atoms with Gasteiger partial charge in [0, 0.05) is 17.3 Å². The maximum absolute atomic E-state index is 12.4. The predicted molar refractivity (Wildman–Crippen MR) is 110 cm³/mol. The van der Waals surface area contributed by atoms with E-state index in [1.54, 1.807) is 11.3 Å². The molecule has 3 aromatic heterocycles. The van der Waals surface area contributed by atoms with Gasteiger partial charge in [0.15, 0.2) is 4.96 Å². The van der Waals surface area contributed by atoms with E-state index in [9.17, 15) is 9.59 Å². The van der Waals surface area contributed by atoms with Crippen LogP contribution in [0.1, 0.15) is 26.4 Å². The summed E-state index contributed by atoms with van der Waals surface area (Å²) in [6.45, 7) is 5.86. The van der Waals surface area contributed by atoms with E-state index in [1.807, 2.05) is 54.9 Å². The fourth-order valence-electron chi connectivity index (χ4n) is 3.17. The molecule has 0 spiro atoms. The second kappa shape index (κ2) is 6.79. The van der Waals surface area contributed by atoms with Gasteiger partial charge in [-0.2, -0.15) is 0 Å². The number of imidazole rings is 1. The summed E-state index contributed by atoms with van der Waals surface area (Å²) in [4.78, 5) is 31.4. The molecule has 0 fully saturated rings. The number of nitrogens with zero attached hydrogens (tertiary/aromatic N) is 2. The fourth-order valence-corrected chi connectivity index (χ4v) is 4.88. The molecule has 0 aliphatic carbocycles. The average Bonchev–Trinajstić information content (AvgIpc) is 3.27. The van der Waals surface area contributed by atoms with E-state index >= 15 is 0 Å². The number of rotatable bonds is 4. The van der Waals surface area contributed by atoms with Crippen molar-refractivity contribution in [2.24, 2.45) is 0 Å². The standard InChI is InChI=1S/C19H18N4O2S2/c1-10-6-11(2)16(12(3)7-10)21-15(24)9-20-17(25)14-8-13-18(27-14)22-19-23(13)4-5-26-19/h4-8H,9H2,1-3H3,(H,20,25)(H,21,24). The molecule has 0 bridgehead atoms. The molecule has 0 radical (unpaired) electrons. The number of hydrogen-bond donors (Lipinski definition) is 2. The number of thiazole rings is 1. The Morgan fingerprint density at radius 3 is 2.63 bits per heavy atom. The highest BCUT2D eigenvalue weighted by Crippen LogP contribution is 2.28. The molecule has 0 aliphatic heterocycles. The minimum absolute atomic E-state index is 0.0812. The second-order valence-electron chi connectivity index (χ2n) is 6.47. The van der Waals surface area contributed by atoms with Crippen LogP contribution in [-0.4, -0.2) is 27.7 Å². The first-order valence-corrected chi connectivity index (χ1v) is 10.1. The second-order valence-corrected chi connectivity index (χ2v) is 8.38. The highest BCUT2D eigenvalue weighted by molar-refractivity contribution is 7.21. The summed E-state index contributed by atoms with van der Waals surface area (Å²) in [6.07, 6.45) is 1.93. The van der Waals surface area contributed by atoms with Crippen LogP contribution in [0, 0.1) is 20.8 Å². The first kappa shape index (κ1) is 17.7. The Balaban J connectivity index is 1.43. The van der Waals surface area contributed by atoms with Gasteiger partial charge in [0.2, 0.25) is 5.91 Å². The lowest BCUT2D eigenvalue weighted by Gasteiger charge is -2.13. The van der Waals surface area contributed by atoms with E-state index in [1.165, 1.54) is 11.3 Å². The van der Waals surface area contributed by atoms with Crippen molar-refractivity contribution in [2.75, 3.05) is 11.9 Å². The molecule has 3 heterocycles. The Kier molecular flexibility index (Phi) is 4.45. The summed E-state index contributed by atoms with van der Waals surface area (Å²) in [5, 5.41) is 7.53. The van der Waals surface area contributed by atoms with Crippen molar-refractivity contribution < 1.29 is 9.59 Å². The van der Waals surface area contributed by atoms with Crippen LogP contribution in [0.2, 0.25) is 0 Å². The van der Waals surface area contributed by atoms with E-state index in [2.05, 4.69) is 15.6 Å². The molecule has 27 heavy (non-hydrogen) atoms. The molecule has 4 aromatic rings. The normalized spacial score (nSPS) is 11.2. The zero-order chi connectivity index (χ0) is 19.1. The van der Waals surface area contributed by atoms with Crippen molar-refractivity contribution in [1.82, 2.24) is 14.7 Å². The monoisotopic (exact) mass is 398 g/mol. The molecular weight excluding hydrogens is 380 g/mol. The number of hydrogen-bond acceptors (Lipinski definition) is 5. The zero-order valence-electron chi connectivity index (χ0n) is 15.1. The molecule has 2 amide bonds. The van der Waals surface area contributed by atoms with Crippen molar-refractivity contribution in [1.29, 1.82) is 0 Å². The summed E-state index contributed by atoms with van der Waals surface area (Å²) in [6, 6.07) is 5.86. The zero-order valence-corrected chi connectivity index (χ0v) is 16.8. The number of benzene rings is 1. The number of carbonyl (C=O) groups is 2. The molecule has 6 nitrogen and oxygen atoms in total. The van der Waals surface area contributed by atoms with Crippen LogP contribution in [-0.2, 0) is 4.79 Å². The molecular formula is C19H18N4O2S2. The predicted octanol–water partition coefficient (Wildman–Crippen LogP) is 3.90. The van der Waals surface area contributed by atoms with Gasteiger partial charge in [0.1, 0.15) is 4.83 Å². The van der Waals surface area contributed by atoms with Gasteiger partial charge in [-0.25, -0.2) is 4.98 Å². The Morgan fingerprint density at radius 2 is 1.89 bits per heavy atom. The minimum atomic E-state index is -0.269. The third kappa shape index (κ3) is 3.33. The summed E-state index contributed by atoms with van der Waals surface area (Å²) >= 11 is 2.88. The number of carbonyl (C=O) groups excluding carboxylic acids is 2. The quantitative estimate of drug-likeness (QED) is 0.547. The molecule has 8 heteroatoms. The maximum atomic E-state index is 12.4. The molecule has 0 unspecified atom stereocenters. The first-order chi connectivity index (χ1) is 12.9. The van der Waals surface area contributed by atoms with Gasteiger partial charge in [0.05, 0.1) is 16.9 Å². The van der Waals surface area contributed by atoms with E-state index in [4.69, 9.17) is 0 Å². The molecule has 0 aliphatic rings. The molecule has 2 N–H and O–H groups in total. The minimum Gasteiger partial charge on any atom is -0.342 e. The highest BCUT2D eigenvalue weighted by atomic mass is 32.1. The molecule has 4 rings (SSSR count). The SMILES string of the molecule is Cc1cc(C)c(NC(=O)CNC(=O)c2cc3c(nc4sccn43)s2)c(C)c1. The number of aryl methyl sites for hydroxylation is 3. The van der Waals surface area contributed by atoms with Crippen molar-refractivity contribution >= 4 is 55.5 Å². The largest absolute Gasteiger partial charge is 0.342 e. The van der Waals surface area contributed by atoms with Crippen molar-refractivity contribution in [3.8, 4) is 0 Å². The molecule has 1 aromatic carbocycles. The van der Waals surface area contributed by atoms with Gasteiger partial charge in [-0.15, -0.1) is 22.7 Å². The lowest BCUT2D eigenvalue weighted by Crippen LogP contribution is -2.32. The number of fused-ring (bicyclic) bond motifs is 3. The number of amides is 2. The van der Waals surface area contributed by atoms with Gasteiger partial charge < -0.3 is 10.6 Å². The van der Waals surface area contributed by atoms with Crippen LogP contribution in [0.15, 0.2) is 29.8 Å². The summed E-state index contributed by atoms with van der Waals surface area (Å²) < 4.78 is 1.96. The van der Waals surface area contributed by atoms with Crippen LogP contribution < -0.4 is 10.6 Å². The van der Waals surface area contributed by atoms with Crippen LogP contribution >= 0.6 is 22.7 Å². The Labute approximate surface area is 163 Å².